The zero-order chi connectivity index (χ0) is 19.7. The Bertz CT molecular complexity index is 1250. The van der Waals surface area contributed by atoms with Crippen LogP contribution in [0, 0.1) is 12.7 Å². The average Bonchev–Trinajstić information content (AvgIpc) is 3.13. The van der Waals surface area contributed by atoms with E-state index >= 15 is 0 Å². The van der Waals surface area contributed by atoms with Crippen LogP contribution < -0.4 is 10.9 Å². The van der Waals surface area contributed by atoms with E-state index in [0.29, 0.717) is 27.3 Å². The lowest BCUT2D eigenvalue weighted by Crippen LogP contribution is -2.28. The standard InChI is InChI=1S/C20H15FN4O2S/c1-12-4-2-7-15-18(12)22-11-25(19(15)27)9-17(26)24-20-23-16(10-28-20)13-5-3-6-14(21)8-13/h2-8,10-11H,9H2,1H3,(H,23,24,26). The second-order valence-corrected chi connectivity index (χ2v) is 7.10. The van der Waals surface area contributed by atoms with Crippen LogP contribution in [0.3, 0.4) is 0 Å². The molecule has 28 heavy (non-hydrogen) atoms. The fourth-order valence-corrected chi connectivity index (χ4v) is 3.61. The average molecular weight is 394 g/mol. The van der Waals surface area contributed by atoms with Gasteiger partial charge >= 0.3 is 0 Å². The Balaban J connectivity index is 1.52. The van der Waals surface area contributed by atoms with Gasteiger partial charge < -0.3 is 5.32 Å². The van der Waals surface area contributed by atoms with Crippen molar-refractivity contribution in [3.8, 4) is 11.3 Å². The first-order valence-electron chi connectivity index (χ1n) is 8.47. The molecular weight excluding hydrogens is 379 g/mol. The lowest BCUT2D eigenvalue weighted by atomic mass is 10.1. The molecular formula is C20H15FN4O2S. The van der Waals surface area contributed by atoms with E-state index < -0.39 is 5.91 Å². The van der Waals surface area contributed by atoms with E-state index in [1.54, 1.807) is 29.6 Å². The number of benzene rings is 2. The number of thiazole rings is 1. The minimum Gasteiger partial charge on any atom is -0.300 e. The summed E-state index contributed by atoms with van der Waals surface area (Å²) in [5, 5.41) is 5.25. The lowest BCUT2D eigenvalue weighted by Gasteiger charge is -2.07. The number of hydrogen-bond donors (Lipinski definition) is 1. The smallest absolute Gasteiger partial charge is 0.261 e. The van der Waals surface area contributed by atoms with E-state index in [2.05, 4.69) is 15.3 Å². The molecule has 4 rings (SSSR count). The number of anilines is 1. The molecule has 8 heteroatoms. The number of rotatable bonds is 4. The van der Waals surface area contributed by atoms with E-state index in [1.807, 2.05) is 13.0 Å². The van der Waals surface area contributed by atoms with Crippen molar-refractivity contribution in [2.45, 2.75) is 13.5 Å². The summed E-state index contributed by atoms with van der Waals surface area (Å²) >= 11 is 1.23. The topological polar surface area (TPSA) is 76.9 Å². The van der Waals surface area contributed by atoms with E-state index in [9.17, 15) is 14.0 Å². The molecule has 140 valence electrons. The summed E-state index contributed by atoms with van der Waals surface area (Å²) < 4.78 is 14.6. The number of para-hydroxylation sites is 1. The van der Waals surface area contributed by atoms with Gasteiger partial charge in [0.1, 0.15) is 12.4 Å². The second-order valence-electron chi connectivity index (χ2n) is 6.25. The highest BCUT2D eigenvalue weighted by Crippen LogP contribution is 2.25. The summed E-state index contributed by atoms with van der Waals surface area (Å²) in [6.07, 6.45) is 1.37. The fraction of sp³-hybridized carbons (Fsp3) is 0.100. The normalized spacial score (nSPS) is 10.9. The summed E-state index contributed by atoms with van der Waals surface area (Å²) in [4.78, 5) is 33.5. The van der Waals surface area contributed by atoms with Crippen LogP contribution >= 0.6 is 11.3 Å². The maximum absolute atomic E-state index is 13.4. The number of hydrogen-bond acceptors (Lipinski definition) is 5. The molecule has 1 amide bonds. The number of carbonyl (C=O) groups excluding carboxylic acids is 1. The van der Waals surface area contributed by atoms with Crippen LogP contribution in [0.5, 0.6) is 0 Å². The van der Waals surface area contributed by atoms with E-state index in [0.717, 1.165) is 5.56 Å². The molecule has 0 aliphatic rings. The number of halogens is 1. The predicted octanol–water partition coefficient (Wildman–Crippen LogP) is 3.61. The molecule has 2 heterocycles. The third-order valence-corrected chi connectivity index (χ3v) is 5.00. The number of aromatic nitrogens is 3. The summed E-state index contributed by atoms with van der Waals surface area (Å²) in [5.74, 6) is -0.745. The number of amides is 1. The molecule has 0 radical (unpaired) electrons. The van der Waals surface area contributed by atoms with Crippen LogP contribution in [0.4, 0.5) is 9.52 Å². The van der Waals surface area contributed by atoms with Gasteiger partial charge in [-0.1, -0.05) is 24.3 Å². The van der Waals surface area contributed by atoms with Gasteiger partial charge in [0.25, 0.3) is 5.56 Å². The Morgan fingerprint density at radius 1 is 1.25 bits per heavy atom. The molecule has 2 aromatic carbocycles. The third-order valence-electron chi connectivity index (χ3n) is 4.24. The summed E-state index contributed by atoms with van der Waals surface area (Å²) in [6, 6.07) is 11.4. The number of fused-ring (bicyclic) bond motifs is 1. The Kier molecular flexibility index (Phi) is 4.70. The molecule has 0 bridgehead atoms. The predicted molar refractivity (Wildman–Crippen MR) is 107 cm³/mol. The van der Waals surface area contributed by atoms with Gasteiger partial charge in [-0.05, 0) is 30.7 Å². The molecule has 0 spiro atoms. The minimum absolute atomic E-state index is 0.176. The largest absolute Gasteiger partial charge is 0.300 e. The highest BCUT2D eigenvalue weighted by atomic mass is 32.1. The van der Waals surface area contributed by atoms with Crippen LogP contribution in [0.1, 0.15) is 5.56 Å². The molecule has 4 aromatic rings. The molecule has 0 aliphatic heterocycles. The summed E-state index contributed by atoms with van der Waals surface area (Å²) in [6.45, 7) is 1.70. The minimum atomic E-state index is -0.393. The Morgan fingerprint density at radius 2 is 2.07 bits per heavy atom. The van der Waals surface area contributed by atoms with Crippen LogP contribution in [0.2, 0.25) is 0 Å². The SMILES string of the molecule is Cc1cccc2c(=O)n(CC(=O)Nc3nc(-c4cccc(F)c4)cs3)cnc12. The van der Waals surface area contributed by atoms with Crippen LogP contribution in [-0.4, -0.2) is 20.4 Å². The molecule has 1 N–H and O–H groups in total. The first-order valence-corrected chi connectivity index (χ1v) is 9.35. The van der Waals surface area contributed by atoms with E-state index in [-0.39, 0.29) is 17.9 Å². The Morgan fingerprint density at radius 3 is 2.89 bits per heavy atom. The van der Waals surface area contributed by atoms with Crippen LogP contribution in [0.15, 0.2) is 59.0 Å². The molecule has 6 nitrogen and oxygen atoms in total. The molecule has 0 saturated carbocycles. The molecule has 0 aliphatic carbocycles. The highest BCUT2D eigenvalue weighted by Gasteiger charge is 2.12. The zero-order valence-corrected chi connectivity index (χ0v) is 15.7. The molecule has 0 saturated heterocycles. The van der Waals surface area contributed by atoms with Gasteiger partial charge in [0, 0.05) is 10.9 Å². The maximum Gasteiger partial charge on any atom is 0.261 e. The van der Waals surface area contributed by atoms with Crippen molar-refractivity contribution in [3.63, 3.8) is 0 Å². The van der Waals surface area contributed by atoms with Crippen molar-refractivity contribution in [2.75, 3.05) is 5.32 Å². The van der Waals surface area contributed by atoms with Crippen LogP contribution in [0.25, 0.3) is 22.2 Å². The molecule has 0 atom stereocenters. The van der Waals surface area contributed by atoms with Crippen LogP contribution in [-0.2, 0) is 11.3 Å². The summed E-state index contributed by atoms with van der Waals surface area (Å²) in [7, 11) is 0. The van der Waals surface area contributed by atoms with Gasteiger partial charge in [-0.2, -0.15) is 0 Å². The fourth-order valence-electron chi connectivity index (χ4n) is 2.88. The van der Waals surface area contributed by atoms with Gasteiger partial charge in [0.15, 0.2) is 5.13 Å². The van der Waals surface area contributed by atoms with Crippen molar-refractivity contribution in [3.05, 3.63) is 75.9 Å². The van der Waals surface area contributed by atoms with Gasteiger partial charge in [0.05, 0.1) is 22.9 Å². The lowest BCUT2D eigenvalue weighted by molar-refractivity contribution is -0.116. The van der Waals surface area contributed by atoms with Crippen molar-refractivity contribution in [2.24, 2.45) is 0 Å². The van der Waals surface area contributed by atoms with Crippen molar-refractivity contribution in [1.29, 1.82) is 0 Å². The van der Waals surface area contributed by atoms with Crippen molar-refractivity contribution >= 4 is 33.3 Å². The Labute approximate surface area is 163 Å². The van der Waals surface area contributed by atoms with E-state index in [4.69, 9.17) is 0 Å². The quantitative estimate of drug-likeness (QED) is 0.574. The first kappa shape index (κ1) is 18.0. The van der Waals surface area contributed by atoms with E-state index in [1.165, 1.54) is 34.4 Å². The van der Waals surface area contributed by atoms with Crippen molar-refractivity contribution in [1.82, 2.24) is 14.5 Å². The van der Waals surface area contributed by atoms with Gasteiger partial charge in [-0.3, -0.25) is 14.2 Å². The number of aryl methyl sites for hydroxylation is 1. The molecule has 0 fully saturated rings. The monoisotopic (exact) mass is 394 g/mol. The summed E-state index contributed by atoms with van der Waals surface area (Å²) in [5.41, 5.74) is 2.45. The maximum atomic E-state index is 13.4. The van der Waals surface area contributed by atoms with Gasteiger partial charge in [-0.15, -0.1) is 11.3 Å². The van der Waals surface area contributed by atoms with Gasteiger partial charge in [-0.25, -0.2) is 14.4 Å². The number of carbonyl (C=O) groups is 1. The molecule has 2 aromatic heterocycles. The zero-order valence-electron chi connectivity index (χ0n) is 14.8. The second kappa shape index (κ2) is 7.32. The van der Waals surface area contributed by atoms with Crippen molar-refractivity contribution < 1.29 is 9.18 Å². The van der Waals surface area contributed by atoms with Gasteiger partial charge in [0.2, 0.25) is 5.91 Å². The molecule has 0 unspecified atom stereocenters. The number of nitrogens with one attached hydrogen (secondary N) is 1. The first-order chi connectivity index (χ1) is 13.5. The highest BCUT2D eigenvalue weighted by molar-refractivity contribution is 7.14. The third kappa shape index (κ3) is 3.54. The Hall–Kier alpha value is -3.39. The number of nitrogens with zero attached hydrogens (tertiary/aromatic N) is 3.